The smallest absolute Gasteiger partial charge is 0.348 e. The van der Waals surface area contributed by atoms with Gasteiger partial charge in [0.15, 0.2) is 12.4 Å². The largest absolute Gasteiger partial charge is 0.453 e. The summed E-state index contributed by atoms with van der Waals surface area (Å²) in [5.41, 5.74) is 1.73. The van der Waals surface area contributed by atoms with E-state index in [0.29, 0.717) is 10.4 Å². The average Bonchev–Trinajstić information content (AvgIpc) is 2.91. The van der Waals surface area contributed by atoms with Crippen LogP contribution >= 0.6 is 27.3 Å². The Morgan fingerprint density at radius 3 is 2.40 bits per heavy atom. The first-order chi connectivity index (χ1) is 9.60. The van der Waals surface area contributed by atoms with Crippen molar-refractivity contribution < 1.29 is 14.3 Å². The van der Waals surface area contributed by atoms with Gasteiger partial charge in [0.05, 0.1) is 3.79 Å². The predicted molar refractivity (Wildman–Crippen MR) is 82.5 cm³/mol. The summed E-state index contributed by atoms with van der Waals surface area (Å²) >= 11 is 4.55. The van der Waals surface area contributed by atoms with Crippen molar-refractivity contribution in [3.63, 3.8) is 0 Å². The van der Waals surface area contributed by atoms with Crippen LogP contribution in [0.1, 0.15) is 32.5 Å². The normalized spacial score (nSPS) is 10.3. The molecule has 5 heteroatoms. The summed E-state index contributed by atoms with van der Waals surface area (Å²) in [6.07, 6.45) is 0.927. The van der Waals surface area contributed by atoms with E-state index in [9.17, 15) is 9.59 Å². The monoisotopic (exact) mass is 352 g/mol. The number of hydrogen-bond acceptors (Lipinski definition) is 4. The second kappa shape index (κ2) is 6.81. The molecule has 0 aliphatic carbocycles. The zero-order valence-electron chi connectivity index (χ0n) is 10.9. The van der Waals surface area contributed by atoms with Crippen LogP contribution in [0.15, 0.2) is 40.2 Å². The Morgan fingerprint density at radius 2 is 1.85 bits per heavy atom. The summed E-state index contributed by atoms with van der Waals surface area (Å²) in [4.78, 5) is 24.1. The van der Waals surface area contributed by atoms with E-state index in [1.54, 1.807) is 24.3 Å². The topological polar surface area (TPSA) is 43.4 Å². The number of aryl methyl sites for hydroxylation is 1. The molecule has 0 bridgehead atoms. The van der Waals surface area contributed by atoms with Crippen LogP contribution < -0.4 is 0 Å². The van der Waals surface area contributed by atoms with E-state index >= 15 is 0 Å². The number of thiophene rings is 1. The molecule has 3 nitrogen and oxygen atoms in total. The number of Topliss-reactive ketones (excluding diaryl/α,β-unsaturated/α-hetero) is 1. The Hall–Kier alpha value is -1.46. The summed E-state index contributed by atoms with van der Waals surface area (Å²) in [6.45, 7) is 1.82. The zero-order valence-corrected chi connectivity index (χ0v) is 13.3. The SMILES string of the molecule is CCc1ccc(C(=O)COC(=O)c2ccc(Br)s2)cc1. The molecule has 0 aliphatic heterocycles. The van der Waals surface area contributed by atoms with Crippen molar-refractivity contribution in [1.82, 2.24) is 0 Å². The number of ether oxygens (including phenoxy) is 1. The molecule has 0 unspecified atom stereocenters. The average molecular weight is 353 g/mol. The maximum atomic E-state index is 11.9. The van der Waals surface area contributed by atoms with Crippen molar-refractivity contribution in [2.24, 2.45) is 0 Å². The molecule has 0 saturated carbocycles. The molecule has 20 heavy (non-hydrogen) atoms. The van der Waals surface area contributed by atoms with E-state index in [1.807, 2.05) is 12.1 Å². The summed E-state index contributed by atoms with van der Waals surface area (Å²) < 4.78 is 5.87. The minimum Gasteiger partial charge on any atom is -0.453 e. The van der Waals surface area contributed by atoms with Crippen molar-refractivity contribution in [1.29, 1.82) is 0 Å². The van der Waals surface area contributed by atoms with Crippen molar-refractivity contribution in [2.75, 3.05) is 6.61 Å². The molecule has 2 aromatic rings. The molecular formula is C15H13BrO3S. The minimum absolute atomic E-state index is 0.198. The first-order valence-electron chi connectivity index (χ1n) is 6.14. The highest BCUT2D eigenvalue weighted by Crippen LogP contribution is 2.22. The van der Waals surface area contributed by atoms with Gasteiger partial charge < -0.3 is 4.74 Å². The number of esters is 1. The molecule has 1 aromatic carbocycles. The van der Waals surface area contributed by atoms with Gasteiger partial charge in [-0.2, -0.15) is 0 Å². The Labute approximate surface area is 129 Å². The number of ketones is 1. The Morgan fingerprint density at radius 1 is 1.15 bits per heavy atom. The van der Waals surface area contributed by atoms with E-state index in [-0.39, 0.29) is 12.4 Å². The highest BCUT2D eigenvalue weighted by molar-refractivity contribution is 9.11. The quantitative estimate of drug-likeness (QED) is 0.600. The van der Waals surface area contributed by atoms with Crippen LogP contribution in [0.4, 0.5) is 0 Å². The lowest BCUT2D eigenvalue weighted by Gasteiger charge is -2.04. The van der Waals surface area contributed by atoms with E-state index in [2.05, 4.69) is 22.9 Å². The fourth-order valence-electron chi connectivity index (χ4n) is 1.64. The summed E-state index contributed by atoms with van der Waals surface area (Å²) in [5, 5.41) is 0. The number of halogens is 1. The van der Waals surface area contributed by atoms with Gasteiger partial charge in [-0.3, -0.25) is 4.79 Å². The fraction of sp³-hybridized carbons (Fsp3) is 0.200. The number of rotatable bonds is 5. The molecule has 2 rings (SSSR count). The van der Waals surface area contributed by atoms with E-state index < -0.39 is 5.97 Å². The molecule has 0 radical (unpaired) electrons. The first-order valence-corrected chi connectivity index (χ1v) is 7.75. The lowest BCUT2D eigenvalue weighted by molar-refractivity contribution is 0.0479. The number of carbonyl (C=O) groups excluding carboxylic acids is 2. The number of benzene rings is 1. The van der Waals surface area contributed by atoms with Gasteiger partial charge >= 0.3 is 5.97 Å². The van der Waals surface area contributed by atoms with Crippen LogP contribution in [0.5, 0.6) is 0 Å². The minimum atomic E-state index is -0.473. The second-order valence-electron chi connectivity index (χ2n) is 4.15. The summed E-state index contributed by atoms with van der Waals surface area (Å²) in [7, 11) is 0. The van der Waals surface area contributed by atoms with Gasteiger partial charge in [-0.1, -0.05) is 31.2 Å². The molecule has 0 atom stereocenters. The van der Waals surface area contributed by atoms with Crippen LogP contribution in [0.25, 0.3) is 0 Å². The van der Waals surface area contributed by atoms with E-state index in [4.69, 9.17) is 4.74 Å². The fourth-order valence-corrected chi connectivity index (χ4v) is 2.92. The third-order valence-electron chi connectivity index (χ3n) is 2.79. The highest BCUT2D eigenvalue weighted by atomic mass is 79.9. The van der Waals surface area contributed by atoms with Crippen molar-refractivity contribution in [2.45, 2.75) is 13.3 Å². The predicted octanol–water partition coefficient (Wildman–Crippen LogP) is 4.11. The van der Waals surface area contributed by atoms with Crippen LogP contribution in [0, 0.1) is 0 Å². The van der Waals surface area contributed by atoms with Gasteiger partial charge in [-0.25, -0.2) is 4.79 Å². The third-order valence-corrected chi connectivity index (χ3v) is 4.40. The standard InChI is InChI=1S/C15H13BrO3S/c1-2-10-3-5-11(6-4-10)12(17)9-19-15(18)13-7-8-14(16)20-13/h3-8H,2,9H2,1H3. The van der Waals surface area contributed by atoms with Gasteiger partial charge in [0.2, 0.25) is 0 Å². The molecule has 0 fully saturated rings. The Bertz CT molecular complexity index is 616. The molecule has 0 saturated heterocycles. The third kappa shape index (κ3) is 3.77. The van der Waals surface area contributed by atoms with Crippen LogP contribution in [-0.4, -0.2) is 18.4 Å². The van der Waals surface area contributed by atoms with Crippen molar-refractivity contribution in [3.8, 4) is 0 Å². The summed E-state index contributed by atoms with van der Waals surface area (Å²) in [6, 6.07) is 10.8. The van der Waals surface area contributed by atoms with Crippen molar-refractivity contribution in [3.05, 3.63) is 56.2 Å². The van der Waals surface area contributed by atoms with Crippen LogP contribution in [-0.2, 0) is 11.2 Å². The van der Waals surface area contributed by atoms with Gasteiger partial charge in [-0.15, -0.1) is 11.3 Å². The maximum Gasteiger partial charge on any atom is 0.348 e. The van der Waals surface area contributed by atoms with Gasteiger partial charge in [0.25, 0.3) is 0 Å². The van der Waals surface area contributed by atoms with Crippen LogP contribution in [0.2, 0.25) is 0 Å². The molecule has 0 aliphatic rings. The lowest BCUT2D eigenvalue weighted by atomic mass is 10.1. The molecule has 1 heterocycles. The lowest BCUT2D eigenvalue weighted by Crippen LogP contribution is -2.13. The zero-order chi connectivity index (χ0) is 14.5. The van der Waals surface area contributed by atoms with E-state index in [0.717, 1.165) is 10.2 Å². The van der Waals surface area contributed by atoms with Gasteiger partial charge in [0, 0.05) is 5.56 Å². The summed E-state index contributed by atoms with van der Waals surface area (Å²) in [5.74, 6) is -0.671. The second-order valence-corrected chi connectivity index (χ2v) is 6.62. The van der Waals surface area contributed by atoms with E-state index in [1.165, 1.54) is 16.9 Å². The van der Waals surface area contributed by atoms with Crippen molar-refractivity contribution >= 4 is 39.0 Å². The molecule has 104 valence electrons. The van der Waals surface area contributed by atoms with Gasteiger partial charge in [-0.05, 0) is 40.0 Å². The number of hydrogen-bond donors (Lipinski definition) is 0. The molecule has 1 aromatic heterocycles. The Kier molecular flexibility index (Phi) is 5.09. The Balaban J connectivity index is 1.92. The molecule has 0 spiro atoms. The maximum absolute atomic E-state index is 11.9. The molecule has 0 N–H and O–H groups in total. The molecular weight excluding hydrogens is 340 g/mol. The highest BCUT2D eigenvalue weighted by Gasteiger charge is 2.13. The van der Waals surface area contributed by atoms with Crippen LogP contribution in [0.3, 0.4) is 0 Å². The first kappa shape index (κ1) is 14.9. The molecule has 0 amide bonds. The van der Waals surface area contributed by atoms with Gasteiger partial charge in [0.1, 0.15) is 4.88 Å². The number of carbonyl (C=O) groups is 2.